The summed E-state index contributed by atoms with van der Waals surface area (Å²) in [6.07, 6.45) is 3.40. The Morgan fingerprint density at radius 1 is 1.32 bits per heavy atom. The van der Waals surface area contributed by atoms with Gasteiger partial charge in [-0.15, -0.1) is 0 Å². The third kappa shape index (κ3) is 3.06. The van der Waals surface area contributed by atoms with Crippen LogP contribution in [0.25, 0.3) is 0 Å². The van der Waals surface area contributed by atoms with Crippen LogP contribution in [0, 0.1) is 5.92 Å². The van der Waals surface area contributed by atoms with Gasteiger partial charge in [0, 0.05) is 12.2 Å². The van der Waals surface area contributed by atoms with E-state index in [1.807, 2.05) is 39.0 Å². The van der Waals surface area contributed by atoms with Crippen LogP contribution in [0.2, 0.25) is 0 Å². The molecular weight excluding hydrogens is 236 g/mol. The van der Waals surface area contributed by atoms with E-state index in [0.717, 1.165) is 5.56 Å². The average molecular weight is 260 g/mol. The lowest BCUT2D eigenvalue weighted by atomic mass is 9.77. The molecule has 0 N–H and O–H groups in total. The van der Waals surface area contributed by atoms with Gasteiger partial charge >= 0.3 is 0 Å². The van der Waals surface area contributed by atoms with Crippen molar-refractivity contribution in [2.24, 2.45) is 5.92 Å². The van der Waals surface area contributed by atoms with Gasteiger partial charge in [0.2, 0.25) is 0 Å². The van der Waals surface area contributed by atoms with Gasteiger partial charge in [0.1, 0.15) is 6.10 Å². The van der Waals surface area contributed by atoms with Gasteiger partial charge in [-0.3, -0.25) is 4.79 Å². The summed E-state index contributed by atoms with van der Waals surface area (Å²) >= 11 is 0. The van der Waals surface area contributed by atoms with Gasteiger partial charge in [-0.1, -0.05) is 44.5 Å². The zero-order chi connectivity index (χ0) is 13.8. The van der Waals surface area contributed by atoms with E-state index >= 15 is 0 Å². The fourth-order valence-corrected chi connectivity index (χ4v) is 2.70. The molecule has 0 amide bonds. The minimum atomic E-state index is -0.314. The fraction of sp³-hybridized carbons (Fsp3) is 0.588. The summed E-state index contributed by atoms with van der Waals surface area (Å²) in [6, 6.07) is 8.07. The summed E-state index contributed by atoms with van der Waals surface area (Å²) < 4.78 is 5.66. The van der Waals surface area contributed by atoms with E-state index in [0.29, 0.717) is 12.5 Å². The third-order valence-electron chi connectivity index (χ3n) is 3.98. The maximum absolute atomic E-state index is 12.7. The number of carbonyl (C=O) groups is 1. The Kier molecular flexibility index (Phi) is 4.76. The van der Waals surface area contributed by atoms with Gasteiger partial charge in [0.05, 0.1) is 0 Å². The van der Waals surface area contributed by atoms with E-state index in [9.17, 15) is 4.79 Å². The van der Waals surface area contributed by atoms with Crippen LogP contribution < -0.4 is 0 Å². The SMILES string of the molecule is CCOC(C(=O)c1ccccc1C1CCC1)C(C)C. The van der Waals surface area contributed by atoms with Gasteiger partial charge in [-0.25, -0.2) is 0 Å². The van der Waals surface area contributed by atoms with Crippen LogP contribution in [-0.4, -0.2) is 18.5 Å². The Morgan fingerprint density at radius 2 is 2.00 bits per heavy atom. The van der Waals surface area contributed by atoms with E-state index in [4.69, 9.17) is 4.74 Å². The molecule has 1 atom stereocenters. The second-order valence-corrected chi connectivity index (χ2v) is 5.70. The number of ketones is 1. The quantitative estimate of drug-likeness (QED) is 0.717. The third-order valence-corrected chi connectivity index (χ3v) is 3.98. The van der Waals surface area contributed by atoms with Crippen molar-refractivity contribution in [1.82, 2.24) is 0 Å². The summed E-state index contributed by atoms with van der Waals surface area (Å²) in [7, 11) is 0. The van der Waals surface area contributed by atoms with Crippen LogP contribution in [-0.2, 0) is 4.74 Å². The highest BCUT2D eigenvalue weighted by molar-refractivity contribution is 6.01. The molecule has 1 aromatic carbocycles. The van der Waals surface area contributed by atoms with Crippen molar-refractivity contribution >= 4 is 5.78 Å². The Hall–Kier alpha value is -1.15. The van der Waals surface area contributed by atoms with Crippen LogP contribution in [0.5, 0.6) is 0 Å². The average Bonchev–Trinajstić information content (AvgIpc) is 2.33. The Balaban J connectivity index is 2.26. The molecule has 104 valence electrons. The van der Waals surface area contributed by atoms with Crippen molar-refractivity contribution < 1.29 is 9.53 Å². The second kappa shape index (κ2) is 6.33. The van der Waals surface area contributed by atoms with Crippen LogP contribution in [0.3, 0.4) is 0 Å². The molecule has 1 unspecified atom stereocenters. The molecule has 1 aliphatic carbocycles. The predicted octanol–water partition coefficient (Wildman–Crippen LogP) is 4.20. The molecule has 0 bridgehead atoms. The van der Waals surface area contributed by atoms with Gasteiger partial charge < -0.3 is 4.74 Å². The summed E-state index contributed by atoms with van der Waals surface area (Å²) in [5.41, 5.74) is 2.10. The minimum Gasteiger partial charge on any atom is -0.370 e. The predicted molar refractivity (Wildman–Crippen MR) is 77.6 cm³/mol. The number of ether oxygens (including phenoxy) is 1. The maximum atomic E-state index is 12.7. The number of Topliss-reactive ketones (excluding diaryl/α,β-unsaturated/α-hetero) is 1. The lowest BCUT2D eigenvalue weighted by Crippen LogP contribution is -2.31. The summed E-state index contributed by atoms with van der Waals surface area (Å²) in [4.78, 5) is 12.7. The molecular formula is C17H24O2. The Bertz CT molecular complexity index is 433. The number of hydrogen-bond acceptors (Lipinski definition) is 2. The molecule has 0 aromatic heterocycles. The van der Waals surface area contributed by atoms with Crippen molar-refractivity contribution in [2.75, 3.05) is 6.61 Å². The van der Waals surface area contributed by atoms with Gasteiger partial charge in [-0.05, 0) is 37.2 Å². The smallest absolute Gasteiger partial charge is 0.192 e. The van der Waals surface area contributed by atoms with Gasteiger partial charge in [-0.2, -0.15) is 0 Å². The molecule has 0 saturated heterocycles. The molecule has 0 spiro atoms. The topological polar surface area (TPSA) is 26.3 Å². The largest absolute Gasteiger partial charge is 0.370 e. The zero-order valence-electron chi connectivity index (χ0n) is 12.2. The monoisotopic (exact) mass is 260 g/mol. The Morgan fingerprint density at radius 3 is 2.53 bits per heavy atom. The summed E-state index contributed by atoms with van der Waals surface area (Å²) in [6.45, 7) is 6.62. The van der Waals surface area contributed by atoms with Crippen LogP contribution >= 0.6 is 0 Å². The normalized spacial score (nSPS) is 17.3. The van der Waals surface area contributed by atoms with Crippen LogP contribution in [0.4, 0.5) is 0 Å². The second-order valence-electron chi connectivity index (χ2n) is 5.70. The number of carbonyl (C=O) groups excluding carboxylic acids is 1. The van der Waals surface area contributed by atoms with E-state index in [1.165, 1.54) is 24.8 Å². The minimum absolute atomic E-state index is 0.152. The zero-order valence-corrected chi connectivity index (χ0v) is 12.2. The van der Waals surface area contributed by atoms with Crippen molar-refractivity contribution in [2.45, 2.75) is 52.1 Å². The van der Waals surface area contributed by atoms with Crippen molar-refractivity contribution in [3.8, 4) is 0 Å². The molecule has 2 heteroatoms. The molecule has 2 nitrogen and oxygen atoms in total. The van der Waals surface area contributed by atoms with Gasteiger partial charge in [0.15, 0.2) is 5.78 Å². The van der Waals surface area contributed by atoms with Crippen molar-refractivity contribution in [1.29, 1.82) is 0 Å². The summed E-state index contributed by atoms with van der Waals surface area (Å²) in [5, 5.41) is 0. The highest BCUT2D eigenvalue weighted by Gasteiger charge is 2.29. The lowest BCUT2D eigenvalue weighted by Gasteiger charge is -2.29. The standard InChI is InChI=1S/C17H24O2/c1-4-19-17(12(2)3)16(18)15-11-6-5-10-14(15)13-8-7-9-13/h5-6,10-13,17H,4,7-9H2,1-3H3. The highest BCUT2D eigenvalue weighted by Crippen LogP contribution is 2.38. The Labute approximate surface area is 116 Å². The van der Waals surface area contributed by atoms with Crippen LogP contribution in [0.1, 0.15) is 61.9 Å². The van der Waals surface area contributed by atoms with Crippen molar-refractivity contribution in [3.05, 3.63) is 35.4 Å². The molecule has 1 aromatic rings. The molecule has 19 heavy (non-hydrogen) atoms. The first-order chi connectivity index (χ1) is 9.15. The first-order valence-electron chi connectivity index (χ1n) is 7.39. The van der Waals surface area contributed by atoms with Gasteiger partial charge in [0.25, 0.3) is 0 Å². The molecule has 0 radical (unpaired) electrons. The van der Waals surface area contributed by atoms with E-state index in [2.05, 4.69) is 6.07 Å². The highest BCUT2D eigenvalue weighted by atomic mass is 16.5. The van der Waals surface area contributed by atoms with E-state index < -0.39 is 0 Å². The van der Waals surface area contributed by atoms with Crippen molar-refractivity contribution in [3.63, 3.8) is 0 Å². The first-order valence-corrected chi connectivity index (χ1v) is 7.39. The van der Waals surface area contributed by atoms with E-state index in [-0.39, 0.29) is 17.8 Å². The van der Waals surface area contributed by atoms with E-state index in [1.54, 1.807) is 0 Å². The molecule has 1 saturated carbocycles. The number of hydrogen-bond donors (Lipinski definition) is 0. The summed E-state index contributed by atoms with van der Waals surface area (Å²) in [5.74, 6) is 0.941. The number of rotatable bonds is 6. The molecule has 0 heterocycles. The number of benzene rings is 1. The molecule has 0 aliphatic heterocycles. The maximum Gasteiger partial charge on any atom is 0.192 e. The molecule has 1 fully saturated rings. The molecule has 1 aliphatic rings. The first kappa shape index (κ1) is 14.3. The fourth-order valence-electron chi connectivity index (χ4n) is 2.70. The molecule has 2 rings (SSSR count). The lowest BCUT2D eigenvalue weighted by molar-refractivity contribution is 0.0278. The van der Waals surface area contributed by atoms with Crippen LogP contribution in [0.15, 0.2) is 24.3 Å².